The highest BCUT2D eigenvalue weighted by molar-refractivity contribution is 7.92. The largest absolute Gasteiger partial charge is 0.465 e. The van der Waals surface area contributed by atoms with Gasteiger partial charge in [-0.15, -0.1) is 0 Å². The zero-order chi connectivity index (χ0) is 17.5. The maximum Gasteiger partial charge on any atom is 0.337 e. The molecule has 1 aromatic carbocycles. The topological polar surface area (TPSA) is 103 Å². The number of imidazole rings is 1. The van der Waals surface area contributed by atoms with Gasteiger partial charge in [0.15, 0.2) is 0 Å². The number of anilines is 1. The van der Waals surface area contributed by atoms with Gasteiger partial charge in [0, 0.05) is 5.69 Å². The molecule has 0 atom stereocenters. The number of rotatable bonds is 4. The molecule has 0 saturated carbocycles. The number of hydrogen-bond donors (Lipinski definition) is 1. The monoisotopic (exact) mass is 366 g/mol. The summed E-state index contributed by atoms with van der Waals surface area (Å²) in [6.07, 6.45) is 0. The molecule has 24 heavy (non-hydrogen) atoms. The first-order valence-electron chi connectivity index (χ1n) is 6.86. The van der Waals surface area contributed by atoms with Crippen molar-refractivity contribution >= 4 is 38.0 Å². The van der Waals surface area contributed by atoms with Gasteiger partial charge in [0.05, 0.1) is 18.4 Å². The van der Waals surface area contributed by atoms with Crippen LogP contribution in [0.5, 0.6) is 0 Å². The molecule has 10 heteroatoms. The lowest BCUT2D eigenvalue weighted by atomic mass is 10.2. The molecule has 3 rings (SSSR count). The van der Waals surface area contributed by atoms with E-state index < -0.39 is 16.0 Å². The van der Waals surface area contributed by atoms with Crippen LogP contribution in [0.1, 0.15) is 21.1 Å². The fourth-order valence-corrected chi connectivity index (χ4v) is 4.43. The average Bonchev–Trinajstić information content (AvgIpc) is 3.00. The minimum absolute atomic E-state index is 0.0229. The van der Waals surface area contributed by atoms with Crippen molar-refractivity contribution in [3.63, 3.8) is 0 Å². The molecule has 3 aromatic rings. The van der Waals surface area contributed by atoms with E-state index in [0.717, 1.165) is 0 Å². The Labute approximate surface area is 142 Å². The smallest absolute Gasteiger partial charge is 0.337 e. The zero-order valence-corrected chi connectivity index (χ0v) is 14.7. The van der Waals surface area contributed by atoms with Crippen LogP contribution in [0.2, 0.25) is 0 Å². The van der Waals surface area contributed by atoms with Gasteiger partial charge in [0.2, 0.25) is 9.99 Å². The van der Waals surface area contributed by atoms with Crippen molar-refractivity contribution in [1.82, 2.24) is 14.6 Å². The summed E-state index contributed by atoms with van der Waals surface area (Å²) in [5.41, 5.74) is 0.849. The van der Waals surface area contributed by atoms with Crippen LogP contribution in [-0.2, 0) is 14.8 Å². The molecule has 0 fully saturated rings. The van der Waals surface area contributed by atoms with E-state index >= 15 is 0 Å². The van der Waals surface area contributed by atoms with Crippen molar-refractivity contribution < 1.29 is 17.9 Å². The summed E-state index contributed by atoms with van der Waals surface area (Å²) in [7, 11) is -2.66. The highest BCUT2D eigenvalue weighted by atomic mass is 32.2. The number of carbonyl (C=O) groups excluding carboxylic acids is 1. The second-order valence-corrected chi connectivity index (χ2v) is 7.75. The molecule has 8 nitrogen and oxygen atoms in total. The molecule has 2 heterocycles. The minimum atomic E-state index is -3.92. The van der Waals surface area contributed by atoms with Crippen LogP contribution < -0.4 is 4.72 Å². The van der Waals surface area contributed by atoms with Crippen molar-refractivity contribution in [2.75, 3.05) is 11.8 Å². The maximum atomic E-state index is 12.7. The molecule has 0 spiro atoms. The molecule has 0 aliphatic rings. The van der Waals surface area contributed by atoms with E-state index in [0.29, 0.717) is 15.7 Å². The first kappa shape index (κ1) is 16.4. The van der Waals surface area contributed by atoms with Crippen LogP contribution in [0.3, 0.4) is 0 Å². The number of aryl methyl sites for hydroxylation is 2. The standard InChI is InChI=1S/C14H14N4O4S2/c1-8-12(18-14(15-8)23-9(2)16-18)24(20,21)17-11-6-4-5-10(7-11)13(19)22-3/h4-7,17H,1-3H3. The Morgan fingerprint density at radius 3 is 2.79 bits per heavy atom. The SMILES string of the molecule is COC(=O)c1cccc(NS(=O)(=O)c2c(C)nc3sc(C)nn23)c1. The summed E-state index contributed by atoms with van der Waals surface area (Å²) in [6, 6.07) is 6.05. The van der Waals surface area contributed by atoms with Crippen LogP contribution >= 0.6 is 11.3 Å². The molecule has 0 aliphatic carbocycles. The Morgan fingerprint density at radius 1 is 1.33 bits per heavy atom. The van der Waals surface area contributed by atoms with E-state index in [1.165, 1.54) is 35.1 Å². The van der Waals surface area contributed by atoms with Crippen LogP contribution in [0, 0.1) is 13.8 Å². The highest BCUT2D eigenvalue weighted by Gasteiger charge is 2.25. The number of methoxy groups -OCH3 is 1. The molecule has 126 valence electrons. The Hall–Kier alpha value is -2.46. The molecule has 0 bridgehead atoms. The van der Waals surface area contributed by atoms with Gasteiger partial charge in [-0.3, -0.25) is 4.72 Å². The number of fused-ring (bicyclic) bond motifs is 1. The summed E-state index contributed by atoms with van der Waals surface area (Å²) in [6.45, 7) is 3.38. The van der Waals surface area contributed by atoms with Crippen molar-refractivity contribution in [3.8, 4) is 0 Å². The maximum absolute atomic E-state index is 12.7. The van der Waals surface area contributed by atoms with Crippen LogP contribution in [-0.4, -0.2) is 36.1 Å². The Balaban J connectivity index is 2.02. The van der Waals surface area contributed by atoms with Crippen molar-refractivity contribution in [2.24, 2.45) is 0 Å². The normalized spacial score (nSPS) is 11.6. The third-order valence-electron chi connectivity index (χ3n) is 3.22. The Kier molecular flexibility index (Phi) is 4.01. The Morgan fingerprint density at radius 2 is 2.08 bits per heavy atom. The summed E-state index contributed by atoms with van der Waals surface area (Å²) >= 11 is 1.31. The van der Waals surface area contributed by atoms with Crippen molar-refractivity contribution in [1.29, 1.82) is 0 Å². The fraction of sp³-hybridized carbons (Fsp3) is 0.214. The van der Waals surface area contributed by atoms with Crippen LogP contribution in [0.25, 0.3) is 4.96 Å². The summed E-state index contributed by atoms with van der Waals surface area (Å²) in [5, 5.41) is 4.87. The average molecular weight is 366 g/mol. The number of aromatic nitrogens is 3. The first-order chi connectivity index (χ1) is 11.3. The number of sulfonamides is 1. The summed E-state index contributed by atoms with van der Waals surface area (Å²) < 4.78 is 33.9. The molecular weight excluding hydrogens is 352 g/mol. The molecule has 0 radical (unpaired) electrons. The molecule has 0 unspecified atom stereocenters. The summed E-state index contributed by atoms with van der Waals surface area (Å²) in [4.78, 5) is 16.3. The Bertz CT molecular complexity index is 1040. The van der Waals surface area contributed by atoms with E-state index in [9.17, 15) is 13.2 Å². The van der Waals surface area contributed by atoms with E-state index in [2.05, 4.69) is 19.5 Å². The first-order valence-corrected chi connectivity index (χ1v) is 9.16. The van der Waals surface area contributed by atoms with Crippen molar-refractivity contribution in [2.45, 2.75) is 18.9 Å². The zero-order valence-electron chi connectivity index (χ0n) is 13.1. The van der Waals surface area contributed by atoms with Gasteiger partial charge in [0.25, 0.3) is 10.0 Å². The van der Waals surface area contributed by atoms with Gasteiger partial charge in [-0.2, -0.15) is 18.0 Å². The molecule has 0 amide bonds. The van der Waals surface area contributed by atoms with Gasteiger partial charge < -0.3 is 4.74 Å². The number of nitrogens with zero attached hydrogens (tertiary/aromatic N) is 3. The van der Waals surface area contributed by atoms with E-state index in [4.69, 9.17) is 0 Å². The predicted octanol–water partition coefficient (Wildman–Crippen LogP) is 2.00. The van der Waals surface area contributed by atoms with Crippen LogP contribution in [0.4, 0.5) is 5.69 Å². The van der Waals surface area contributed by atoms with Crippen molar-refractivity contribution in [3.05, 3.63) is 40.5 Å². The predicted molar refractivity (Wildman–Crippen MR) is 88.9 cm³/mol. The number of ether oxygens (including phenoxy) is 1. The van der Waals surface area contributed by atoms with Crippen LogP contribution in [0.15, 0.2) is 29.3 Å². The number of nitrogens with one attached hydrogen (secondary N) is 1. The third-order valence-corrected chi connectivity index (χ3v) is 5.52. The van der Waals surface area contributed by atoms with Gasteiger partial charge in [-0.1, -0.05) is 17.4 Å². The number of hydrogen-bond acceptors (Lipinski definition) is 7. The fourth-order valence-electron chi connectivity index (χ4n) is 2.27. The van der Waals surface area contributed by atoms with Gasteiger partial charge in [0.1, 0.15) is 5.01 Å². The second kappa shape index (κ2) is 5.87. The molecule has 1 N–H and O–H groups in total. The lowest BCUT2D eigenvalue weighted by Gasteiger charge is -2.08. The van der Waals surface area contributed by atoms with E-state index in [-0.39, 0.29) is 16.3 Å². The van der Waals surface area contributed by atoms with Gasteiger partial charge >= 0.3 is 5.97 Å². The quantitative estimate of drug-likeness (QED) is 0.709. The van der Waals surface area contributed by atoms with Gasteiger partial charge in [-0.25, -0.2) is 9.78 Å². The molecule has 0 aliphatic heterocycles. The lowest BCUT2D eigenvalue weighted by molar-refractivity contribution is 0.0601. The van der Waals surface area contributed by atoms with E-state index in [1.807, 2.05) is 0 Å². The molecule has 0 saturated heterocycles. The highest BCUT2D eigenvalue weighted by Crippen LogP contribution is 2.24. The second-order valence-electron chi connectivity index (χ2n) is 5.00. The lowest BCUT2D eigenvalue weighted by Crippen LogP contribution is -2.17. The number of esters is 1. The van der Waals surface area contributed by atoms with Gasteiger partial charge in [-0.05, 0) is 32.0 Å². The molecule has 2 aromatic heterocycles. The third kappa shape index (κ3) is 2.85. The number of benzene rings is 1. The number of carbonyl (C=O) groups is 1. The van der Waals surface area contributed by atoms with E-state index in [1.54, 1.807) is 26.0 Å². The molecular formula is C14H14N4O4S2. The minimum Gasteiger partial charge on any atom is -0.465 e. The summed E-state index contributed by atoms with van der Waals surface area (Å²) in [5.74, 6) is -0.547.